The molecule has 2 bridgehead atoms. The fraction of sp³-hybridized carbons (Fsp3) is 0.806. The van der Waals surface area contributed by atoms with Gasteiger partial charge < -0.3 is 88.1 Å². The van der Waals surface area contributed by atoms with Crippen LogP contribution in [0.1, 0.15) is 155 Å². The first-order valence-corrected chi connectivity index (χ1v) is 32.7. The second kappa shape index (κ2) is 26.5. The van der Waals surface area contributed by atoms with Crippen molar-refractivity contribution in [2.24, 2.45) is 52.8 Å². The van der Waals surface area contributed by atoms with Crippen molar-refractivity contribution in [1.82, 2.24) is 5.32 Å². The Bertz CT molecular complexity index is 2670. The normalized spacial score (nSPS) is 50.0. The average Bonchev–Trinajstić information content (AvgIpc) is 1.30. The minimum absolute atomic E-state index is 0.0208. The summed E-state index contributed by atoms with van der Waals surface area (Å²) in [6, 6.07) is -0.687. The van der Waals surface area contributed by atoms with E-state index in [1.54, 1.807) is 34.6 Å². The Labute approximate surface area is 518 Å². The highest BCUT2D eigenvalue weighted by atomic mass is 16.8. The molecule has 88 heavy (non-hydrogen) atoms. The van der Waals surface area contributed by atoms with Crippen LogP contribution in [0, 0.1) is 52.8 Å². The maximum atomic E-state index is 15.7. The minimum Gasteiger partial charge on any atom is -0.511 e. The summed E-state index contributed by atoms with van der Waals surface area (Å²) in [4.78, 5) is 42.8. The minimum atomic E-state index is -1.66. The standard InChI is InChI=1S/C67H101NO20/c1-15-41-16-17-42-24-34(6)57(87-53-29-65(13,77)61(39(11)82-53)68-40(12)69)32(4)22-30(2)44-19-18-43-55(66(44,14)62(74)54-63(75)67(42,28-41)88-64(54)76)31(3)23-33(5)58(43)84-52-27-48(83-49-21-20-45(70)35(7)78-49)60(38(10)81-52)86-51-26-47(72)59(37(9)80-51)85-50-25-46(71)56(73)36(8)79-50/h16-19,22,24,31-33,35-39,41-53,55-61,70-74,77H,15,20-21,23,25-29H2,1-14H3,(H,68,69). The third-order valence-electron chi connectivity index (χ3n) is 21.6. The molecule has 31 unspecified atom stereocenters. The fourth-order valence-corrected chi connectivity index (χ4v) is 17.0. The molecule has 6 saturated heterocycles. The number of nitrogens with one attached hydrogen (secondary N) is 1. The first-order valence-electron chi connectivity index (χ1n) is 32.7. The lowest BCUT2D eigenvalue weighted by Crippen LogP contribution is -2.62. The Balaban J connectivity index is 0.956. The van der Waals surface area contributed by atoms with Crippen LogP contribution in [0.4, 0.5) is 0 Å². The molecule has 494 valence electrons. The Kier molecular flexibility index (Phi) is 20.3. The maximum Gasteiger partial charge on any atom is 0.346 e. The van der Waals surface area contributed by atoms with Crippen LogP contribution in [0.5, 0.6) is 0 Å². The van der Waals surface area contributed by atoms with Gasteiger partial charge in [-0.2, -0.15) is 0 Å². The zero-order chi connectivity index (χ0) is 63.8. The van der Waals surface area contributed by atoms with Crippen LogP contribution in [0.3, 0.4) is 0 Å². The number of aliphatic hydroxyl groups is 6. The smallest absolute Gasteiger partial charge is 0.346 e. The first kappa shape index (κ1) is 67.4. The van der Waals surface area contributed by atoms with Gasteiger partial charge in [-0.25, -0.2) is 4.79 Å². The summed E-state index contributed by atoms with van der Waals surface area (Å²) in [6.45, 7) is 26.3. The van der Waals surface area contributed by atoms with Gasteiger partial charge in [0.15, 0.2) is 37.1 Å². The second-order valence-electron chi connectivity index (χ2n) is 28.3. The van der Waals surface area contributed by atoms with Gasteiger partial charge in [0, 0.05) is 74.5 Å². The molecule has 7 fully saturated rings. The summed E-state index contributed by atoms with van der Waals surface area (Å²) >= 11 is 0. The Morgan fingerprint density at radius 1 is 0.648 bits per heavy atom. The molecule has 10 rings (SSSR count). The second-order valence-corrected chi connectivity index (χ2v) is 28.3. The number of rotatable bonds is 12. The van der Waals surface area contributed by atoms with Crippen LogP contribution in [-0.4, -0.2) is 182 Å². The highest BCUT2D eigenvalue weighted by Gasteiger charge is 2.64. The van der Waals surface area contributed by atoms with Gasteiger partial charge in [-0.1, -0.05) is 76.6 Å². The van der Waals surface area contributed by atoms with E-state index in [4.69, 9.17) is 52.1 Å². The van der Waals surface area contributed by atoms with Gasteiger partial charge in [0.25, 0.3) is 0 Å². The van der Waals surface area contributed by atoms with Gasteiger partial charge in [0.1, 0.15) is 29.6 Å². The number of fused-ring (bicyclic) bond motifs is 4. The van der Waals surface area contributed by atoms with Crippen LogP contribution < -0.4 is 5.32 Å². The monoisotopic (exact) mass is 1240 g/mol. The molecule has 31 atom stereocenters. The van der Waals surface area contributed by atoms with E-state index in [0.29, 0.717) is 25.7 Å². The molecule has 4 aliphatic carbocycles. The number of hydrogen-bond acceptors (Lipinski definition) is 20. The first-order chi connectivity index (χ1) is 41.4. The van der Waals surface area contributed by atoms with Gasteiger partial charge in [-0.05, 0) is 104 Å². The van der Waals surface area contributed by atoms with E-state index >= 15 is 4.79 Å². The summed E-state index contributed by atoms with van der Waals surface area (Å²) in [7, 11) is 0. The highest BCUT2D eigenvalue weighted by Crippen LogP contribution is 2.61. The van der Waals surface area contributed by atoms with E-state index in [-0.39, 0.29) is 78.9 Å². The molecule has 6 heterocycles. The van der Waals surface area contributed by atoms with E-state index < -0.39 is 169 Å². The molecule has 7 N–H and O–H groups in total. The molecule has 21 heteroatoms. The van der Waals surface area contributed by atoms with Crippen molar-refractivity contribution in [2.75, 3.05) is 0 Å². The summed E-state index contributed by atoms with van der Waals surface area (Å²) in [5, 5.41) is 70.9. The third kappa shape index (κ3) is 13.1. The molecule has 1 saturated carbocycles. The van der Waals surface area contributed by atoms with Crippen LogP contribution in [0.2, 0.25) is 0 Å². The van der Waals surface area contributed by atoms with E-state index in [0.717, 1.165) is 11.1 Å². The van der Waals surface area contributed by atoms with Crippen molar-refractivity contribution in [1.29, 1.82) is 0 Å². The number of amides is 1. The number of aliphatic hydroxyl groups excluding tert-OH is 5. The summed E-state index contributed by atoms with van der Waals surface area (Å²) in [5.74, 6) is -4.63. The lowest BCUT2D eigenvalue weighted by Gasteiger charge is -2.57. The van der Waals surface area contributed by atoms with Gasteiger partial charge in [0.05, 0.1) is 78.8 Å². The van der Waals surface area contributed by atoms with Crippen molar-refractivity contribution in [3.8, 4) is 0 Å². The number of hydrogen-bond donors (Lipinski definition) is 7. The van der Waals surface area contributed by atoms with Gasteiger partial charge in [-0.3, -0.25) is 9.59 Å². The number of allylic oxidation sites excluding steroid dienone is 4. The molecular formula is C67H101NO20. The summed E-state index contributed by atoms with van der Waals surface area (Å²) < 4.78 is 72.2. The average molecular weight is 1240 g/mol. The van der Waals surface area contributed by atoms with Crippen molar-refractivity contribution >= 4 is 17.7 Å². The number of ether oxygens (including phenoxy) is 11. The molecule has 6 aliphatic heterocycles. The van der Waals surface area contributed by atoms with E-state index in [9.17, 15) is 40.2 Å². The van der Waals surface area contributed by atoms with Crippen LogP contribution in [0.15, 0.2) is 58.9 Å². The van der Waals surface area contributed by atoms with Crippen molar-refractivity contribution in [2.45, 2.75) is 289 Å². The van der Waals surface area contributed by atoms with Crippen molar-refractivity contribution in [3.05, 3.63) is 58.9 Å². The lowest BCUT2D eigenvalue weighted by atomic mass is 9.49. The quantitative estimate of drug-likeness (QED) is 0.0615. The third-order valence-corrected chi connectivity index (χ3v) is 21.6. The fourth-order valence-electron chi connectivity index (χ4n) is 17.0. The number of ketones is 1. The van der Waals surface area contributed by atoms with Gasteiger partial charge in [0.2, 0.25) is 11.7 Å². The number of Topliss-reactive ketones (excluding diaryl/α,β-unsaturated/α-hetero) is 1. The summed E-state index contributed by atoms with van der Waals surface area (Å²) in [5.41, 5.74) is -3.03. The van der Waals surface area contributed by atoms with Crippen molar-refractivity contribution < 1.29 is 97.1 Å². The van der Waals surface area contributed by atoms with Crippen LogP contribution in [-0.2, 0) is 66.5 Å². The van der Waals surface area contributed by atoms with Gasteiger partial charge >= 0.3 is 5.97 Å². The predicted molar refractivity (Wildman–Crippen MR) is 318 cm³/mol. The Hall–Kier alpha value is -3.49. The zero-order valence-corrected chi connectivity index (χ0v) is 53.9. The molecule has 0 aromatic carbocycles. The topological polar surface area (TPSA) is 286 Å². The lowest BCUT2D eigenvalue weighted by molar-refractivity contribution is -0.351. The largest absolute Gasteiger partial charge is 0.511 e. The highest BCUT2D eigenvalue weighted by molar-refractivity contribution is 6.26. The predicted octanol–water partition coefficient (Wildman–Crippen LogP) is 6.60. The van der Waals surface area contributed by atoms with E-state index in [1.807, 2.05) is 46.8 Å². The van der Waals surface area contributed by atoms with Crippen LogP contribution in [0.25, 0.3) is 0 Å². The molecular weight excluding hydrogens is 1140 g/mol. The summed E-state index contributed by atoms with van der Waals surface area (Å²) in [6.07, 6.45) is 0.461. The Morgan fingerprint density at radius 3 is 1.92 bits per heavy atom. The van der Waals surface area contributed by atoms with E-state index in [2.05, 4.69) is 50.4 Å². The SMILES string of the molecule is CCC1C=CC2C=C(C)C(OC3CC(C)(O)C(NC(C)=O)C(C)O3)C(C)C=C(C)C3C=CC4C(OC5CC(OC6CCC(O)C(C)O6)C(OC6CC(O)C(OC7CC(O)C(O)C(C)O7)C(C)O6)C(C)O5)C(C)CC(C)C4C3(C)C(O)=C3C(=O)OC2(C1)C3=O. The molecule has 21 nitrogen and oxygen atoms in total. The van der Waals surface area contributed by atoms with Crippen molar-refractivity contribution in [3.63, 3.8) is 0 Å². The van der Waals surface area contributed by atoms with Crippen LogP contribution >= 0.6 is 0 Å². The van der Waals surface area contributed by atoms with E-state index in [1.165, 1.54) is 6.92 Å². The molecule has 1 spiro atoms. The molecule has 10 aliphatic rings. The number of carbonyl (C=O) groups excluding carboxylic acids is 3. The maximum absolute atomic E-state index is 15.7. The van der Waals surface area contributed by atoms with Gasteiger partial charge in [-0.15, -0.1) is 0 Å². The number of esters is 1. The zero-order valence-electron chi connectivity index (χ0n) is 53.9. The molecule has 0 radical (unpaired) electrons. The Morgan fingerprint density at radius 2 is 1.27 bits per heavy atom. The molecule has 0 aromatic rings. The molecule has 0 aromatic heterocycles. The molecule has 1 amide bonds. The number of carbonyl (C=O) groups is 3.